The first-order chi connectivity index (χ1) is 7.68. The highest BCUT2D eigenvalue weighted by atomic mass is 15.0. The monoisotopic (exact) mass is 215 g/mol. The van der Waals surface area contributed by atoms with Gasteiger partial charge in [-0.05, 0) is 36.3 Å². The van der Waals surface area contributed by atoms with Crippen LogP contribution in [0.3, 0.4) is 0 Å². The summed E-state index contributed by atoms with van der Waals surface area (Å²) in [5.74, 6) is 1.49. The molecule has 0 aromatic rings. The lowest BCUT2D eigenvalue weighted by Gasteiger charge is -2.13. The molecule has 2 N–H and O–H groups in total. The fourth-order valence-electron chi connectivity index (χ4n) is 1.96. The van der Waals surface area contributed by atoms with Gasteiger partial charge >= 0.3 is 0 Å². The highest BCUT2D eigenvalue weighted by Crippen LogP contribution is 2.25. The number of nitrogens with zero attached hydrogens (tertiary/aromatic N) is 1. The molecule has 1 atom stereocenters. The molecule has 0 aromatic heterocycles. The Bertz CT molecular complexity index is 420. The molecule has 0 aromatic carbocycles. The summed E-state index contributed by atoms with van der Waals surface area (Å²) in [5, 5.41) is 10.7. The van der Waals surface area contributed by atoms with Crippen molar-refractivity contribution >= 4 is 12.1 Å². The SMILES string of the molecule is CC(C)C1C=NC2=C(C=C=CNC2=N)CC1. The maximum Gasteiger partial charge on any atom is 0.149 e. The molecule has 2 heterocycles. The van der Waals surface area contributed by atoms with E-state index in [1.54, 1.807) is 6.20 Å². The minimum Gasteiger partial charge on any atom is -0.338 e. The number of amidine groups is 1. The lowest BCUT2D eigenvalue weighted by Crippen LogP contribution is -2.17. The van der Waals surface area contributed by atoms with E-state index in [-0.39, 0.29) is 0 Å². The number of rotatable bonds is 1. The van der Waals surface area contributed by atoms with Crippen molar-refractivity contribution in [2.24, 2.45) is 16.8 Å². The van der Waals surface area contributed by atoms with Crippen LogP contribution in [0.1, 0.15) is 26.7 Å². The van der Waals surface area contributed by atoms with Crippen LogP contribution in [-0.4, -0.2) is 12.1 Å². The summed E-state index contributed by atoms with van der Waals surface area (Å²) in [4.78, 5) is 4.47. The van der Waals surface area contributed by atoms with E-state index in [1.807, 2.05) is 12.3 Å². The molecule has 0 radical (unpaired) electrons. The molecule has 0 fully saturated rings. The minimum absolute atomic E-state index is 0.372. The van der Waals surface area contributed by atoms with E-state index in [9.17, 15) is 0 Å². The number of hydrogen-bond acceptors (Lipinski definition) is 2. The third-order valence-electron chi connectivity index (χ3n) is 3.10. The number of hydrogen-bond donors (Lipinski definition) is 2. The van der Waals surface area contributed by atoms with Gasteiger partial charge in [-0.1, -0.05) is 13.8 Å². The Morgan fingerprint density at radius 1 is 1.56 bits per heavy atom. The topological polar surface area (TPSA) is 48.2 Å². The zero-order chi connectivity index (χ0) is 11.5. The third-order valence-corrected chi connectivity index (χ3v) is 3.10. The van der Waals surface area contributed by atoms with Gasteiger partial charge in [-0.15, -0.1) is 5.73 Å². The summed E-state index contributed by atoms with van der Waals surface area (Å²) in [7, 11) is 0. The second-order valence-electron chi connectivity index (χ2n) is 4.57. The first-order valence-electron chi connectivity index (χ1n) is 5.72. The van der Waals surface area contributed by atoms with Crippen LogP contribution in [0.5, 0.6) is 0 Å². The van der Waals surface area contributed by atoms with Crippen molar-refractivity contribution in [3.8, 4) is 0 Å². The van der Waals surface area contributed by atoms with Gasteiger partial charge in [0.2, 0.25) is 0 Å². The van der Waals surface area contributed by atoms with E-state index in [2.05, 4.69) is 29.9 Å². The quantitative estimate of drug-likeness (QED) is 0.649. The zero-order valence-electron chi connectivity index (χ0n) is 9.75. The zero-order valence-corrected chi connectivity index (χ0v) is 9.75. The Labute approximate surface area is 96.2 Å². The van der Waals surface area contributed by atoms with E-state index in [1.165, 1.54) is 0 Å². The third kappa shape index (κ3) is 2.15. The molecule has 0 saturated heterocycles. The average Bonchev–Trinajstić information content (AvgIpc) is 2.54. The average molecular weight is 215 g/mol. The molecule has 2 aliphatic rings. The van der Waals surface area contributed by atoms with Gasteiger partial charge < -0.3 is 5.32 Å². The van der Waals surface area contributed by atoms with Gasteiger partial charge in [-0.3, -0.25) is 10.4 Å². The fraction of sp³-hybridized carbons (Fsp3) is 0.462. The van der Waals surface area contributed by atoms with Crippen LogP contribution in [0.4, 0.5) is 0 Å². The van der Waals surface area contributed by atoms with Gasteiger partial charge in [0.25, 0.3) is 0 Å². The predicted octanol–water partition coefficient (Wildman–Crippen LogP) is 2.63. The second kappa shape index (κ2) is 4.50. The van der Waals surface area contributed by atoms with Gasteiger partial charge in [-0.25, -0.2) is 0 Å². The summed E-state index contributed by atoms with van der Waals surface area (Å²) < 4.78 is 0. The van der Waals surface area contributed by atoms with E-state index in [0.29, 0.717) is 17.7 Å². The summed E-state index contributed by atoms with van der Waals surface area (Å²) in [6, 6.07) is 0. The van der Waals surface area contributed by atoms with Crippen molar-refractivity contribution in [1.82, 2.24) is 5.32 Å². The Kier molecular flexibility index (Phi) is 3.07. The largest absolute Gasteiger partial charge is 0.338 e. The minimum atomic E-state index is 0.372. The maximum absolute atomic E-state index is 7.85. The van der Waals surface area contributed by atoms with Crippen LogP contribution in [0, 0.1) is 17.2 Å². The van der Waals surface area contributed by atoms with E-state index in [4.69, 9.17) is 5.41 Å². The first-order valence-corrected chi connectivity index (χ1v) is 5.72. The van der Waals surface area contributed by atoms with E-state index in [0.717, 1.165) is 24.1 Å². The normalized spacial score (nSPS) is 24.2. The summed E-state index contributed by atoms with van der Waals surface area (Å²) in [6.45, 7) is 4.43. The Balaban J connectivity index is 2.30. The molecular weight excluding hydrogens is 198 g/mol. The number of aliphatic imine (C=N–C) groups is 1. The molecule has 0 saturated carbocycles. The van der Waals surface area contributed by atoms with E-state index >= 15 is 0 Å². The van der Waals surface area contributed by atoms with Crippen molar-refractivity contribution in [2.75, 3.05) is 0 Å². The molecule has 0 amide bonds. The molecule has 3 nitrogen and oxygen atoms in total. The number of nitrogens with one attached hydrogen (secondary N) is 2. The molecule has 2 rings (SSSR count). The van der Waals surface area contributed by atoms with Crippen molar-refractivity contribution < 1.29 is 0 Å². The molecule has 0 spiro atoms. The van der Waals surface area contributed by atoms with Crippen LogP contribution in [-0.2, 0) is 0 Å². The molecule has 84 valence electrons. The van der Waals surface area contributed by atoms with Crippen LogP contribution in [0.15, 0.2) is 34.3 Å². The maximum atomic E-state index is 7.85. The van der Waals surface area contributed by atoms with Gasteiger partial charge in [-0.2, -0.15) is 0 Å². The Morgan fingerprint density at radius 2 is 2.38 bits per heavy atom. The van der Waals surface area contributed by atoms with Gasteiger partial charge in [0, 0.05) is 12.4 Å². The fourth-order valence-corrected chi connectivity index (χ4v) is 1.96. The van der Waals surface area contributed by atoms with Crippen molar-refractivity contribution in [2.45, 2.75) is 26.7 Å². The van der Waals surface area contributed by atoms with Crippen LogP contribution < -0.4 is 5.32 Å². The predicted molar refractivity (Wildman–Crippen MR) is 66.6 cm³/mol. The molecule has 3 heteroatoms. The standard InChI is InChI=1S/C13H17N3/c1-9(2)11-6-5-10-4-3-7-15-13(14)12(10)16-8-11/h4,7-9,11H,5-6H2,1-2H3,(H2,14,15). The van der Waals surface area contributed by atoms with E-state index < -0.39 is 0 Å². The van der Waals surface area contributed by atoms with Crippen molar-refractivity contribution in [3.05, 3.63) is 29.3 Å². The highest BCUT2D eigenvalue weighted by Gasteiger charge is 2.18. The lowest BCUT2D eigenvalue weighted by molar-refractivity contribution is 0.474. The van der Waals surface area contributed by atoms with Crippen molar-refractivity contribution in [3.63, 3.8) is 0 Å². The molecule has 2 aliphatic heterocycles. The van der Waals surface area contributed by atoms with Gasteiger partial charge in [0.1, 0.15) is 11.5 Å². The number of allylic oxidation sites excluding steroid dienone is 2. The summed E-state index contributed by atoms with van der Waals surface area (Å²) in [6.07, 6.45) is 7.67. The summed E-state index contributed by atoms with van der Waals surface area (Å²) in [5.41, 5.74) is 4.90. The lowest BCUT2D eigenvalue weighted by atomic mass is 9.91. The van der Waals surface area contributed by atoms with Gasteiger partial charge in [0.05, 0.1) is 0 Å². The van der Waals surface area contributed by atoms with Crippen LogP contribution in [0.2, 0.25) is 0 Å². The Hall–Kier alpha value is -1.60. The molecule has 0 aliphatic carbocycles. The molecular formula is C13H17N3. The van der Waals surface area contributed by atoms with Crippen LogP contribution >= 0.6 is 0 Å². The Morgan fingerprint density at radius 3 is 3.12 bits per heavy atom. The summed E-state index contributed by atoms with van der Waals surface area (Å²) >= 11 is 0. The first kappa shape index (κ1) is 10.9. The molecule has 16 heavy (non-hydrogen) atoms. The van der Waals surface area contributed by atoms with Crippen LogP contribution in [0.25, 0.3) is 0 Å². The second-order valence-corrected chi connectivity index (χ2v) is 4.57. The highest BCUT2D eigenvalue weighted by molar-refractivity contribution is 5.99. The van der Waals surface area contributed by atoms with Crippen molar-refractivity contribution in [1.29, 1.82) is 5.41 Å². The van der Waals surface area contributed by atoms with Gasteiger partial charge in [0.15, 0.2) is 0 Å². The molecule has 0 bridgehead atoms. The smallest absolute Gasteiger partial charge is 0.149 e. The molecule has 1 unspecified atom stereocenters.